The van der Waals surface area contributed by atoms with Crippen molar-refractivity contribution in [2.24, 2.45) is 0 Å². The van der Waals surface area contributed by atoms with Crippen molar-refractivity contribution >= 4 is 5.69 Å². The van der Waals surface area contributed by atoms with Crippen LogP contribution in [0.15, 0.2) is 48.5 Å². The fraction of sp³-hybridized carbons (Fsp3) is 0.294. The van der Waals surface area contributed by atoms with Crippen molar-refractivity contribution in [3.63, 3.8) is 0 Å². The summed E-state index contributed by atoms with van der Waals surface area (Å²) in [4.78, 5) is 0. The van der Waals surface area contributed by atoms with E-state index >= 15 is 0 Å². The summed E-state index contributed by atoms with van der Waals surface area (Å²) >= 11 is 0. The van der Waals surface area contributed by atoms with E-state index in [9.17, 15) is 0 Å². The number of benzene rings is 2. The van der Waals surface area contributed by atoms with Gasteiger partial charge in [0.25, 0.3) is 0 Å². The summed E-state index contributed by atoms with van der Waals surface area (Å²) in [7, 11) is 1.73. The molecular formula is C17H19NO. The zero-order valence-corrected chi connectivity index (χ0v) is 11.2. The SMILES string of the molecule is COCc1cccc(NCC2Cc3ccccc32)c1. The Bertz CT molecular complexity index is 565. The molecule has 0 bridgehead atoms. The monoisotopic (exact) mass is 253 g/mol. The molecule has 1 aliphatic rings. The van der Waals surface area contributed by atoms with Crippen LogP contribution in [0.3, 0.4) is 0 Å². The number of hydrogen-bond donors (Lipinski definition) is 1. The van der Waals surface area contributed by atoms with Crippen LogP contribution in [0, 0.1) is 0 Å². The summed E-state index contributed by atoms with van der Waals surface area (Å²) in [6.07, 6.45) is 1.20. The van der Waals surface area contributed by atoms with Gasteiger partial charge in [0.1, 0.15) is 0 Å². The summed E-state index contributed by atoms with van der Waals surface area (Å²) < 4.78 is 5.16. The predicted octanol–water partition coefficient (Wildman–Crippen LogP) is 3.58. The van der Waals surface area contributed by atoms with E-state index in [0.29, 0.717) is 12.5 Å². The van der Waals surface area contributed by atoms with Crippen LogP contribution in [0.4, 0.5) is 5.69 Å². The minimum atomic E-state index is 0.655. The Morgan fingerprint density at radius 2 is 2.05 bits per heavy atom. The first-order valence-corrected chi connectivity index (χ1v) is 6.76. The lowest BCUT2D eigenvalue weighted by Gasteiger charge is -2.30. The number of methoxy groups -OCH3 is 1. The summed E-state index contributed by atoms with van der Waals surface area (Å²) in [6, 6.07) is 17.2. The number of fused-ring (bicyclic) bond motifs is 1. The van der Waals surface area contributed by atoms with Crippen molar-refractivity contribution in [3.8, 4) is 0 Å². The molecule has 2 heteroatoms. The second-order valence-electron chi connectivity index (χ2n) is 5.11. The lowest BCUT2D eigenvalue weighted by atomic mass is 9.77. The minimum absolute atomic E-state index is 0.655. The van der Waals surface area contributed by atoms with Crippen LogP contribution in [-0.2, 0) is 17.8 Å². The van der Waals surface area contributed by atoms with Gasteiger partial charge in [0.2, 0.25) is 0 Å². The maximum absolute atomic E-state index is 5.16. The van der Waals surface area contributed by atoms with E-state index in [-0.39, 0.29) is 0 Å². The van der Waals surface area contributed by atoms with Crippen molar-refractivity contribution < 1.29 is 4.74 Å². The van der Waals surface area contributed by atoms with Gasteiger partial charge in [0, 0.05) is 25.3 Å². The van der Waals surface area contributed by atoms with Crippen LogP contribution in [-0.4, -0.2) is 13.7 Å². The Morgan fingerprint density at radius 3 is 2.89 bits per heavy atom. The molecule has 0 spiro atoms. The first-order valence-electron chi connectivity index (χ1n) is 6.76. The normalized spacial score (nSPS) is 16.6. The van der Waals surface area contributed by atoms with Gasteiger partial charge < -0.3 is 10.1 Å². The van der Waals surface area contributed by atoms with E-state index in [1.807, 2.05) is 0 Å². The first-order chi connectivity index (χ1) is 9.36. The molecule has 0 aromatic heterocycles. The van der Waals surface area contributed by atoms with E-state index in [1.54, 1.807) is 7.11 Å². The second kappa shape index (κ2) is 5.45. The van der Waals surface area contributed by atoms with Crippen molar-refractivity contribution in [1.82, 2.24) is 0 Å². The number of hydrogen-bond acceptors (Lipinski definition) is 2. The Labute approximate surface area is 114 Å². The third-order valence-corrected chi connectivity index (χ3v) is 3.75. The van der Waals surface area contributed by atoms with E-state index in [0.717, 1.165) is 6.54 Å². The van der Waals surface area contributed by atoms with Gasteiger partial charge in [-0.2, -0.15) is 0 Å². The van der Waals surface area contributed by atoms with Crippen LogP contribution >= 0.6 is 0 Å². The van der Waals surface area contributed by atoms with E-state index in [1.165, 1.54) is 28.8 Å². The molecule has 1 atom stereocenters. The molecule has 1 aliphatic carbocycles. The van der Waals surface area contributed by atoms with Crippen molar-refractivity contribution in [2.75, 3.05) is 19.0 Å². The number of nitrogens with one attached hydrogen (secondary N) is 1. The standard InChI is InChI=1S/C17H19NO/c1-19-12-13-5-4-7-16(9-13)18-11-15-10-14-6-2-3-8-17(14)15/h2-9,15,18H,10-12H2,1H3. The van der Waals surface area contributed by atoms with Crippen LogP contribution in [0.1, 0.15) is 22.6 Å². The second-order valence-corrected chi connectivity index (χ2v) is 5.11. The molecular weight excluding hydrogens is 234 g/mol. The zero-order valence-electron chi connectivity index (χ0n) is 11.2. The molecule has 2 aromatic rings. The van der Waals surface area contributed by atoms with Crippen LogP contribution in [0.25, 0.3) is 0 Å². The Kier molecular flexibility index (Phi) is 3.51. The lowest BCUT2D eigenvalue weighted by Crippen LogP contribution is -2.24. The molecule has 0 saturated heterocycles. The number of rotatable bonds is 5. The molecule has 3 rings (SSSR count). The number of ether oxygens (including phenoxy) is 1. The molecule has 0 amide bonds. The molecule has 2 nitrogen and oxygen atoms in total. The smallest absolute Gasteiger partial charge is 0.0713 e. The molecule has 0 aliphatic heterocycles. The summed E-state index contributed by atoms with van der Waals surface area (Å²) in [5.41, 5.74) is 5.39. The molecule has 0 fully saturated rings. The summed E-state index contributed by atoms with van der Waals surface area (Å²) in [5.74, 6) is 0.655. The molecule has 1 N–H and O–H groups in total. The van der Waals surface area contributed by atoms with E-state index in [2.05, 4.69) is 53.8 Å². The highest BCUT2D eigenvalue weighted by Crippen LogP contribution is 2.34. The van der Waals surface area contributed by atoms with Crippen LogP contribution in [0.5, 0.6) is 0 Å². The Balaban J connectivity index is 1.60. The molecule has 0 heterocycles. The summed E-state index contributed by atoms with van der Waals surface area (Å²) in [5, 5.41) is 3.53. The van der Waals surface area contributed by atoms with Gasteiger partial charge in [-0.1, -0.05) is 36.4 Å². The zero-order chi connectivity index (χ0) is 13.1. The van der Waals surface area contributed by atoms with Crippen LogP contribution < -0.4 is 5.32 Å². The Hall–Kier alpha value is -1.80. The highest BCUT2D eigenvalue weighted by molar-refractivity contribution is 5.48. The largest absolute Gasteiger partial charge is 0.384 e. The fourth-order valence-electron chi connectivity index (χ4n) is 2.72. The average Bonchev–Trinajstić information content (AvgIpc) is 2.41. The molecule has 1 unspecified atom stereocenters. The van der Waals surface area contributed by atoms with Gasteiger partial charge >= 0.3 is 0 Å². The third-order valence-electron chi connectivity index (χ3n) is 3.75. The highest BCUT2D eigenvalue weighted by atomic mass is 16.5. The average molecular weight is 253 g/mol. The maximum Gasteiger partial charge on any atom is 0.0713 e. The predicted molar refractivity (Wildman–Crippen MR) is 78.5 cm³/mol. The molecule has 98 valence electrons. The minimum Gasteiger partial charge on any atom is -0.384 e. The van der Waals surface area contributed by atoms with Gasteiger partial charge in [-0.3, -0.25) is 0 Å². The maximum atomic E-state index is 5.16. The fourth-order valence-corrected chi connectivity index (χ4v) is 2.72. The van der Waals surface area contributed by atoms with Crippen molar-refractivity contribution in [3.05, 3.63) is 65.2 Å². The van der Waals surface area contributed by atoms with Gasteiger partial charge in [0.05, 0.1) is 6.61 Å². The quantitative estimate of drug-likeness (QED) is 0.879. The van der Waals surface area contributed by atoms with Gasteiger partial charge in [0.15, 0.2) is 0 Å². The van der Waals surface area contributed by atoms with Gasteiger partial charge in [-0.05, 0) is 35.2 Å². The third kappa shape index (κ3) is 2.64. The highest BCUT2D eigenvalue weighted by Gasteiger charge is 2.24. The summed E-state index contributed by atoms with van der Waals surface area (Å²) in [6.45, 7) is 1.68. The van der Waals surface area contributed by atoms with Crippen molar-refractivity contribution in [1.29, 1.82) is 0 Å². The van der Waals surface area contributed by atoms with E-state index in [4.69, 9.17) is 4.74 Å². The topological polar surface area (TPSA) is 21.3 Å². The van der Waals surface area contributed by atoms with Crippen LogP contribution in [0.2, 0.25) is 0 Å². The van der Waals surface area contributed by atoms with Gasteiger partial charge in [-0.15, -0.1) is 0 Å². The molecule has 0 radical (unpaired) electrons. The molecule has 0 saturated carbocycles. The van der Waals surface area contributed by atoms with Gasteiger partial charge in [-0.25, -0.2) is 0 Å². The Morgan fingerprint density at radius 1 is 1.16 bits per heavy atom. The van der Waals surface area contributed by atoms with E-state index < -0.39 is 0 Å². The first kappa shape index (κ1) is 12.2. The molecule has 2 aromatic carbocycles. The number of anilines is 1. The molecule has 19 heavy (non-hydrogen) atoms. The van der Waals surface area contributed by atoms with Crippen molar-refractivity contribution in [2.45, 2.75) is 18.9 Å². The lowest BCUT2D eigenvalue weighted by molar-refractivity contribution is 0.185.